The minimum atomic E-state index is -1.79. The Morgan fingerprint density at radius 3 is 2.21 bits per heavy atom. The van der Waals surface area contributed by atoms with Crippen molar-refractivity contribution in [2.45, 2.75) is 67.8 Å². The molecule has 7 N–H and O–H groups in total. The SMILES string of the molecule is COC(=O)Cc1cc(=O)oc2cc(O[C@@H]3O[C@H](CO)[C@@H](O[C@@H]4O[C@H](CO)[C@H](O)[C@H](O)[C@H]4O)[C@H](O)[C@H]3O)ccc12. The summed E-state index contributed by atoms with van der Waals surface area (Å²) < 4.78 is 31.8. The quantitative estimate of drug-likeness (QED) is 0.123. The number of carbonyl (C=O) groups excluding carboxylic acids is 1. The molecule has 4 rings (SSSR count). The standard InChI is InChI=1S/C24H30O15/c1-34-15(27)4-9-5-16(28)36-12-6-10(2-3-11(9)12)35-23-21(33)19(31)22(14(8-26)38-23)39-24-20(32)18(30)17(29)13(7-25)37-24/h2-3,5-6,13-14,17-26,29-33H,4,7-8H2,1H3/t13-,14-,17+,18+,19-,20-,21-,22-,23-,24+/m1/s1. The fraction of sp³-hybridized carbons (Fsp3) is 0.583. The van der Waals surface area contributed by atoms with Crippen molar-refractivity contribution < 1.29 is 68.6 Å². The maximum absolute atomic E-state index is 12.0. The summed E-state index contributed by atoms with van der Waals surface area (Å²) in [5.74, 6) is -0.521. The molecule has 0 radical (unpaired) electrons. The van der Waals surface area contributed by atoms with Gasteiger partial charge in [-0.05, 0) is 17.7 Å². The molecule has 15 heteroatoms. The number of rotatable bonds is 8. The molecule has 1 aromatic heterocycles. The molecule has 2 aliphatic rings. The second-order valence-electron chi connectivity index (χ2n) is 9.12. The molecular weight excluding hydrogens is 528 g/mol. The number of aliphatic hydroxyl groups excluding tert-OH is 7. The topological polar surface area (TPSA) is 235 Å². The lowest BCUT2D eigenvalue weighted by Gasteiger charge is -2.45. The number of methoxy groups -OCH3 is 1. The van der Waals surface area contributed by atoms with Gasteiger partial charge in [0, 0.05) is 17.5 Å². The lowest BCUT2D eigenvalue weighted by atomic mass is 9.97. The van der Waals surface area contributed by atoms with Gasteiger partial charge < -0.3 is 63.8 Å². The van der Waals surface area contributed by atoms with Crippen LogP contribution in [0.25, 0.3) is 11.0 Å². The third-order valence-electron chi connectivity index (χ3n) is 6.58. The van der Waals surface area contributed by atoms with Crippen molar-refractivity contribution in [1.82, 2.24) is 0 Å². The van der Waals surface area contributed by atoms with Crippen LogP contribution in [0.5, 0.6) is 5.75 Å². The maximum Gasteiger partial charge on any atom is 0.336 e. The van der Waals surface area contributed by atoms with E-state index in [1.165, 1.54) is 25.3 Å². The van der Waals surface area contributed by atoms with Crippen LogP contribution in [-0.2, 0) is 30.2 Å². The van der Waals surface area contributed by atoms with Crippen molar-refractivity contribution in [3.63, 3.8) is 0 Å². The van der Waals surface area contributed by atoms with Crippen molar-refractivity contribution in [2.24, 2.45) is 0 Å². The molecule has 1 aromatic carbocycles. The highest BCUT2D eigenvalue weighted by Crippen LogP contribution is 2.31. The molecule has 2 aromatic rings. The van der Waals surface area contributed by atoms with Crippen LogP contribution in [0.2, 0.25) is 0 Å². The monoisotopic (exact) mass is 558 g/mol. The van der Waals surface area contributed by atoms with Crippen LogP contribution in [0.1, 0.15) is 5.56 Å². The molecule has 2 fully saturated rings. The zero-order valence-corrected chi connectivity index (χ0v) is 20.6. The Morgan fingerprint density at radius 2 is 1.54 bits per heavy atom. The van der Waals surface area contributed by atoms with Crippen LogP contribution in [0.15, 0.2) is 33.5 Å². The van der Waals surface area contributed by atoms with E-state index in [0.29, 0.717) is 10.9 Å². The molecule has 3 heterocycles. The molecular formula is C24H30O15. The van der Waals surface area contributed by atoms with E-state index in [2.05, 4.69) is 4.74 Å². The second kappa shape index (κ2) is 12.2. The fourth-order valence-corrected chi connectivity index (χ4v) is 4.44. The normalized spacial score (nSPS) is 35.1. The van der Waals surface area contributed by atoms with Crippen molar-refractivity contribution in [1.29, 1.82) is 0 Å². The van der Waals surface area contributed by atoms with Crippen molar-refractivity contribution in [3.8, 4) is 5.75 Å². The first-order valence-corrected chi connectivity index (χ1v) is 12.0. The van der Waals surface area contributed by atoms with E-state index in [0.717, 1.165) is 6.07 Å². The summed E-state index contributed by atoms with van der Waals surface area (Å²) in [5.41, 5.74) is -0.304. The van der Waals surface area contributed by atoms with E-state index in [4.69, 9.17) is 23.4 Å². The minimum Gasteiger partial charge on any atom is -0.469 e. The van der Waals surface area contributed by atoms with Gasteiger partial charge in [-0.1, -0.05) is 0 Å². The van der Waals surface area contributed by atoms with Gasteiger partial charge in [0.15, 0.2) is 6.29 Å². The zero-order chi connectivity index (χ0) is 28.4. The third kappa shape index (κ3) is 6.07. The number of hydrogen-bond acceptors (Lipinski definition) is 15. The van der Waals surface area contributed by atoms with Crippen LogP contribution in [-0.4, -0.2) is 123 Å². The van der Waals surface area contributed by atoms with E-state index in [1.807, 2.05) is 0 Å². The van der Waals surface area contributed by atoms with Gasteiger partial charge in [0.1, 0.15) is 60.2 Å². The first-order valence-electron chi connectivity index (χ1n) is 12.0. The van der Waals surface area contributed by atoms with Gasteiger partial charge >= 0.3 is 11.6 Å². The predicted molar refractivity (Wildman–Crippen MR) is 125 cm³/mol. The molecule has 216 valence electrons. The van der Waals surface area contributed by atoms with Gasteiger partial charge in [0.25, 0.3) is 0 Å². The molecule has 10 atom stereocenters. The van der Waals surface area contributed by atoms with Gasteiger partial charge in [0.05, 0.1) is 26.7 Å². The molecule has 0 amide bonds. The lowest BCUT2D eigenvalue weighted by molar-refractivity contribution is -0.352. The summed E-state index contributed by atoms with van der Waals surface area (Å²) in [4.78, 5) is 23.7. The molecule has 39 heavy (non-hydrogen) atoms. The number of aliphatic hydroxyl groups is 7. The average Bonchev–Trinajstić information content (AvgIpc) is 2.92. The number of esters is 1. The van der Waals surface area contributed by atoms with Crippen molar-refractivity contribution in [2.75, 3.05) is 20.3 Å². The Hall–Kier alpha value is -2.70. The predicted octanol–water partition coefficient (Wildman–Crippen LogP) is -3.49. The summed E-state index contributed by atoms with van der Waals surface area (Å²) in [6.45, 7) is -1.46. The van der Waals surface area contributed by atoms with Crippen LogP contribution in [0.3, 0.4) is 0 Å². The van der Waals surface area contributed by atoms with Gasteiger partial charge in [-0.25, -0.2) is 4.79 Å². The summed E-state index contributed by atoms with van der Waals surface area (Å²) >= 11 is 0. The molecule has 2 saturated heterocycles. The average molecular weight is 558 g/mol. The minimum absolute atomic E-state index is 0.0436. The summed E-state index contributed by atoms with van der Waals surface area (Å²) in [7, 11) is 1.21. The van der Waals surface area contributed by atoms with Gasteiger partial charge in [-0.2, -0.15) is 0 Å². The summed E-state index contributed by atoms with van der Waals surface area (Å²) in [5, 5.41) is 71.2. The third-order valence-corrected chi connectivity index (χ3v) is 6.58. The highest BCUT2D eigenvalue weighted by molar-refractivity contribution is 5.85. The fourth-order valence-electron chi connectivity index (χ4n) is 4.44. The number of benzene rings is 1. The highest BCUT2D eigenvalue weighted by Gasteiger charge is 2.51. The smallest absolute Gasteiger partial charge is 0.336 e. The van der Waals surface area contributed by atoms with Crippen LogP contribution >= 0.6 is 0 Å². The lowest BCUT2D eigenvalue weighted by Crippen LogP contribution is -2.65. The van der Waals surface area contributed by atoms with Crippen LogP contribution in [0, 0.1) is 0 Å². The Labute approximate surface area is 220 Å². The van der Waals surface area contributed by atoms with Gasteiger partial charge in [0.2, 0.25) is 6.29 Å². The molecule has 2 aliphatic heterocycles. The zero-order valence-electron chi connectivity index (χ0n) is 20.6. The Bertz CT molecular complexity index is 1200. The maximum atomic E-state index is 12.0. The summed E-state index contributed by atoms with van der Waals surface area (Å²) in [6, 6.07) is 5.41. The first kappa shape index (κ1) is 29.3. The number of carbonyl (C=O) groups is 1. The summed E-state index contributed by atoms with van der Waals surface area (Å²) in [6.07, 6.45) is -16.2. The van der Waals surface area contributed by atoms with Crippen molar-refractivity contribution in [3.05, 3.63) is 40.2 Å². The number of ether oxygens (including phenoxy) is 5. The number of fused-ring (bicyclic) bond motifs is 1. The van der Waals surface area contributed by atoms with Gasteiger partial charge in [-0.15, -0.1) is 0 Å². The second-order valence-corrected chi connectivity index (χ2v) is 9.12. The molecule has 0 aliphatic carbocycles. The Balaban J connectivity index is 1.50. The molecule has 0 unspecified atom stereocenters. The largest absolute Gasteiger partial charge is 0.469 e. The van der Waals surface area contributed by atoms with Crippen molar-refractivity contribution >= 4 is 16.9 Å². The van der Waals surface area contributed by atoms with Crippen LogP contribution < -0.4 is 10.4 Å². The van der Waals surface area contributed by atoms with E-state index in [-0.39, 0.29) is 17.8 Å². The van der Waals surface area contributed by atoms with E-state index in [9.17, 15) is 45.3 Å². The Kier molecular flexibility index (Phi) is 9.18. The van der Waals surface area contributed by atoms with E-state index >= 15 is 0 Å². The van der Waals surface area contributed by atoms with Gasteiger partial charge in [-0.3, -0.25) is 4.79 Å². The molecule has 0 saturated carbocycles. The molecule has 0 bridgehead atoms. The number of hydrogen-bond donors (Lipinski definition) is 7. The first-order chi connectivity index (χ1) is 18.6. The highest BCUT2D eigenvalue weighted by atomic mass is 16.7. The van der Waals surface area contributed by atoms with Crippen LogP contribution in [0.4, 0.5) is 0 Å². The van der Waals surface area contributed by atoms with E-state index in [1.54, 1.807) is 0 Å². The Morgan fingerprint density at radius 1 is 0.872 bits per heavy atom. The molecule has 15 nitrogen and oxygen atoms in total. The van der Waals surface area contributed by atoms with E-state index < -0.39 is 86.2 Å². The molecule has 0 spiro atoms.